The number of nitrogens with two attached hydrogens (primary N) is 1. The number of hydrogen-bond acceptors (Lipinski definition) is 6. The van der Waals surface area contributed by atoms with Gasteiger partial charge in [-0.05, 0) is 72.9 Å². The second kappa shape index (κ2) is 16.6. The molecule has 10 heteroatoms. The second-order valence-corrected chi connectivity index (χ2v) is 10.9. The van der Waals surface area contributed by atoms with Gasteiger partial charge in [0, 0.05) is 41.8 Å². The van der Waals surface area contributed by atoms with E-state index in [0.717, 1.165) is 36.6 Å². The normalized spacial score (nSPS) is 12.5. The highest BCUT2D eigenvalue weighted by atomic mass is 19.1. The highest BCUT2D eigenvalue weighted by molar-refractivity contribution is 6.05. The van der Waals surface area contributed by atoms with Crippen molar-refractivity contribution in [3.63, 3.8) is 0 Å². The van der Waals surface area contributed by atoms with Crippen molar-refractivity contribution in [1.29, 1.82) is 0 Å². The van der Waals surface area contributed by atoms with Gasteiger partial charge in [-0.25, -0.2) is 8.78 Å². The summed E-state index contributed by atoms with van der Waals surface area (Å²) in [6, 6.07) is 13.5. The molecule has 44 heavy (non-hydrogen) atoms. The van der Waals surface area contributed by atoms with Crippen molar-refractivity contribution in [2.45, 2.75) is 64.6 Å². The largest absolute Gasteiger partial charge is 0.497 e. The Morgan fingerprint density at radius 3 is 2.14 bits per heavy atom. The molecule has 3 aromatic rings. The van der Waals surface area contributed by atoms with Gasteiger partial charge in [-0.2, -0.15) is 0 Å². The molecule has 0 heterocycles. The number of rotatable bonds is 17. The molecule has 0 bridgehead atoms. The molecule has 0 spiro atoms. The van der Waals surface area contributed by atoms with E-state index >= 15 is 0 Å². The van der Waals surface area contributed by atoms with Crippen LogP contribution in [0.4, 0.5) is 8.78 Å². The van der Waals surface area contributed by atoms with Crippen LogP contribution < -0.4 is 21.1 Å². The lowest BCUT2D eigenvalue weighted by Crippen LogP contribution is -2.48. The van der Waals surface area contributed by atoms with Crippen molar-refractivity contribution < 1.29 is 33.0 Å². The van der Waals surface area contributed by atoms with Crippen LogP contribution in [0.1, 0.15) is 81.7 Å². The van der Waals surface area contributed by atoms with Gasteiger partial charge >= 0.3 is 0 Å². The van der Waals surface area contributed by atoms with Gasteiger partial charge in [0.05, 0.1) is 19.3 Å². The van der Waals surface area contributed by atoms with Crippen molar-refractivity contribution in [2.75, 3.05) is 13.7 Å². The van der Waals surface area contributed by atoms with Crippen molar-refractivity contribution in [2.24, 2.45) is 11.7 Å². The molecule has 0 aromatic heterocycles. The maximum atomic E-state index is 14.0. The molecule has 0 fully saturated rings. The van der Waals surface area contributed by atoms with Gasteiger partial charge in [-0.1, -0.05) is 38.8 Å². The number of amides is 2. The van der Waals surface area contributed by atoms with Crippen LogP contribution in [0, 0.1) is 17.6 Å². The Balaban J connectivity index is 1.87. The van der Waals surface area contributed by atoms with E-state index in [1.54, 1.807) is 7.11 Å². The van der Waals surface area contributed by atoms with Crippen molar-refractivity contribution in [3.8, 4) is 5.75 Å². The van der Waals surface area contributed by atoms with Crippen LogP contribution in [0.25, 0.3) is 0 Å². The predicted molar refractivity (Wildman–Crippen MR) is 165 cm³/mol. The first kappa shape index (κ1) is 34.3. The number of ether oxygens (including phenoxy) is 1. The number of carbonyl (C=O) groups is 3. The topological polar surface area (TPSA) is 131 Å². The molecule has 3 aromatic carbocycles. The number of Topliss-reactive ketones (excluding diaryl/α,β-unsaturated/α-hetero) is 1. The number of aliphatic hydroxyl groups is 1. The SMILES string of the molecule is CCCC(CCC)C(=O)c1cc(C(N)=O)cc(C(=O)N[C@@H](Cc2cc(F)cc(F)c2)[C@H](O)CNCc2cccc(OC)c2)c1. The lowest BCUT2D eigenvalue weighted by molar-refractivity contribution is 0.0829. The molecule has 0 saturated carbocycles. The molecule has 5 N–H and O–H groups in total. The molecule has 0 aliphatic carbocycles. The van der Waals surface area contributed by atoms with Crippen LogP contribution in [0.3, 0.4) is 0 Å². The van der Waals surface area contributed by atoms with Gasteiger partial charge in [0.1, 0.15) is 17.4 Å². The zero-order valence-electron chi connectivity index (χ0n) is 25.4. The average molecular weight is 610 g/mol. The average Bonchev–Trinajstić information content (AvgIpc) is 2.99. The number of nitrogens with one attached hydrogen (secondary N) is 2. The Labute approximate surface area is 257 Å². The highest BCUT2D eigenvalue weighted by Crippen LogP contribution is 2.22. The van der Waals surface area contributed by atoms with Crippen LogP contribution in [-0.4, -0.2) is 48.5 Å². The number of halogens is 2. The monoisotopic (exact) mass is 609 g/mol. The minimum Gasteiger partial charge on any atom is -0.497 e. The van der Waals surface area contributed by atoms with E-state index in [4.69, 9.17) is 10.5 Å². The maximum Gasteiger partial charge on any atom is 0.251 e. The molecule has 2 amide bonds. The van der Waals surface area contributed by atoms with Crippen LogP contribution >= 0.6 is 0 Å². The van der Waals surface area contributed by atoms with E-state index < -0.39 is 35.6 Å². The number of aliphatic hydroxyl groups excluding tert-OH is 1. The minimum absolute atomic E-state index is 0.00278. The molecule has 236 valence electrons. The van der Waals surface area contributed by atoms with Gasteiger partial charge in [0.25, 0.3) is 5.91 Å². The zero-order chi connectivity index (χ0) is 32.2. The Hall–Kier alpha value is -4.15. The van der Waals surface area contributed by atoms with Gasteiger partial charge in [-0.15, -0.1) is 0 Å². The number of ketones is 1. The van der Waals surface area contributed by atoms with Gasteiger partial charge in [0.15, 0.2) is 5.78 Å². The molecule has 0 unspecified atom stereocenters. The third kappa shape index (κ3) is 9.96. The summed E-state index contributed by atoms with van der Waals surface area (Å²) in [6.45, 7) is 4.37. The van der Waals surface area contributed by atoms with Gasteiger partial charge in [-0.3, -0.25) is 14.4 Å². The number of carbonyl (C=O) groups excluding carboxylic acids is 3. The molecular formula is C34H41F2N3O5. The van der Waals surface area contributed by atoms with Crippen molar-refractivity contribution in [1.82, 2.24) is 10.6 Å². The summed E-state index contributed by atoms with van der Waals surface area (Å²) in [5.41, 5.74) is 6.86. The smallest absolute Gasteiger partial charge is 0.251 e. The van der Waals surface area contributed by atoms with E-state index in [2.05, 4.69) is 10.6 Å². The van der Waals surface area contributed by atoms with E-state index in [9.17, 15) is 28.3 Å². The highest BCUT2D eigenvalue weighted by Gasteiger charge is 2.26. The van der Waals surface area contributed by atoms with E-state index in [1.165, 1.54) is 18.2 Å². The fourth-order valence-electron chi connectivity index (χ4n) is 5.19. The number of benzene rings is 3. The molecule has 0 aliphatic heterocycles. The van der Waals surface area contributed by atoms with E-state index in [0.29, 0.717) is 25.1 Å². The summed E-state index contributed by atoms with van der Waals surface area (Å²) in [4.78, 5) is 39.1. The Morgan fingerprint density at radius 2 is 1.52 bits per heavy atom. The summed E-state index contributed by atoms with van der Waals surface area (Å²) in [6.07, 6.45) is 1.64. The molecule has 0 saturated heterocycles. The zero-order valence-corrected chi connectivity index (χ0v) is 25.4. The lowest BCUT2D eigenvalue weighted by Gasteiger charge is -2.25. The summed E-state index contributed by atoms with van der Waals surface area (Å²) in [5, 5.41) is 17.0. The molecular weight excluding hydrogens is 568 g/mol. The Kier molecular flexibility index (Phi) is 13.0. The summed E-state index contributed by atoms with van der Waals surface area (Å²) in [7, 11) is 1.56. The first-order chi connectivity index (χ1) is 21.0. The number of hydrogen-bond donors (Lipinski definition) is 4. The first-order valence-electron chi connectivity index (χ1n) is 14.8. The molecule has 0 aliphatic rings. The number of methoxy groups -OCH3 is 1. The van der Waals surface area contributed by atoms with Gasteiger partial charge in [0.2, 0.25) is 5.91 Å². The third-order valence-corrected chi connectivity index (χ3v) is 7.38. The standard InChI is InChI=1S/C34H41F2N3O5/c1-4-7-23(8-5-2)32(41)24-15-25(33(37)42)17-26(16-24)34(43)39-30(14-22-11-27(35)18-28(36)12-22)31(40)20-38-19-21-9-6-10-29(13-21)44-3/h6,9-13,15-18,23,30-31,38,40H,4-5,7-8,14,19-20H2,1-3H3,(H2,37,42)(H,39,43)/t30-,31+/m0/s1. The van der Waals surface area contributed by atoms with Gasteiger partial charge < -0.3 is 26.2 Å². The number of primary amides is 1. The second-order valence-electron chi connectivity index (χ2n) is 10.9. The predicted octanol–water partition coefficient (Wildman–Crippen LogP) is 4.96. The van der Waals surface area contributed by atoms with E-state index in [1.807, 2.05) is 38.1 Å². The first-order valence-corrected chi connectivity index (χ1v) is 14.8. The fraction of sp³-hybridized carbons (Fsp3) is 0.382. The molecule has 3 rings (SSSR count). The van der Waals surface area contributed by atoms with Crippen molar-refractivity contribution in [3.05, 3.63) is 100 Å². The third-order valence-electron chi connectivity index (χ3n) is 7.38. The summed E-state index contributed by atoms with van der Waals surface area (Å²) in [5.74, 6) is -2.84. The Bertz CT molecular complexity index is 1420. The van der Waals surface area contributed by atoms with Crippen LogP contribution in [-0.2, 0) is 13.0 Å². The molecule has 0 radical (unpaired) electrons. The van der Waals surface area contributed by atoms with Crippen LogP contribution in [0.2, 0.25) is 0 Å². The quantitative estimate of drug-likeness (QED) is 0.160. The van der Waals surface area contributed by atoms with Crippen LogP contribution in [0.15, 0.2) is 60.7 Å². The lowest BCUT2D eigenvalue weighted by atomic mass is 9.88. The minimum atomic E-state index is -1.19. The summed E-state index contributed by atoms with van der Waals surface area (Å²) >= 11 is 0. The maximum absolute atomic E-state index is 14.0. The Morgan fingerprint density at radius 1 is 0.886 bits per heavy atom. The molecule has 8 nitrogen and oxygen atoms in total. The van der Waals surface area contributed by atoms with E-state index in [-0.39, 0.29) is 46.9 Å². The fourth-order valence-corrected chi connectivity index (χ4v) is 5.19. The van der Waals surface area contributed by atoms with Crippen LogP contribution in [0.5, 0.6) is 5.75 Å². The summed E-state index contributed by atoms with van der Waals surface area (Å²) < 4.78 is 33.2. The molecule has 2 atom stereocenters. The van der Waals surface area contributed by atoms with Crippen molar-refractivity contribution >= 4 is 17.6 Å².